The van der Waals surface area contributed by atoms with Gasteiger partial charge in [0.1, 0.15) is 11.9 Å². The molecule has 120 valence electrons. The van der Waals surface area contributed by atoms with Crippen LogP contribution in [-0.2, 0) is 11.2 Å². The summed E-state index contributed by atoms with van der Waals surface area (Å²) in [6.45, 7) is 3.09. The van der Waals surface area contributed by atoms with E-state index in [2.05, 4.69) is 9.97 Å². The highest BCUT2D eigenvalue weighted by Crippen LogP contribution is 2.20. The molecule has 0 spiro atoms. The van der Waals surface area contributed by atoms with E-state index in [9.17, 15) is 4.79 Å². The fourth-order valence-corrected chi connectivity index (χ4v) is 2.84. The van der Waals surface area contributed by atoms with Crippen molar-refractivity contribution < 1.29 is 9.53 Å². The zero-order valence-electron chi connectivity index (χ0n) is 12.9. The summed E-state index contributed by atoms with van der Waals surface area (Å²) in [4.78, 5) is 22.5. The van der Waals surface area contributed by atoms with Crippen molar-refractivity contribution in [3.63, 3.8) is 0 Å². The number of benzene rings is 1. The molecular formula is C17H18ClN3O2. The molecule has 1 amide bonds. The third kappa shape index (κ3) is 3.99. The summed E-state index contributed by atoms with van der Waals surface area (Å²) < 4.78 is 5.84. The van der Waals surface area contributed by atoms with E-state index < -0.39 is 0 Å². The van der Waals surface area contributed by atoms with E-state index >= 15 is 0 Å². The first-order valence-electron chi connectivity index (χ1n) is 7.59. The summed E-state index contributed by atoms with van der Waals surface area (Å²) >= 11 is 6.12. The molecule has 6 heteroatoms. The van der Waals surface area contributed by atoms with E-state index in [-0.39, 0.29) is 12.0 Å². The summed E-state index contributed by atoms with van der Waals surface area (Å²) in [5.41, 5.74) is 0.856. The number of halogens is 1. The molecule has 23 heavy (non-hydrogen) atoms. The Morgan fingerprint density at radius 1 is 1.39 bits per heavy atom. The fourth-order valence-electron chi connectivity index (χ4n) is 2.64. The zero-order valence-corrected chi connectivity index (χ0v) is 13.7. The first kappa shape index (κ1) is 15.7. The molecule has 0 bridgehead atoms. The summed E-state index contributed by atoms with van der Waals surface area (Å²) in [7, 11) is 0. The van der Waals surface area contributed by atoms with Crippen LogP contribution in [0.4, 0.5) is 0 Å². The maximum absolute atomic E-state index is 12.4. The van der Waals surface area contributed by atoms with Crippen molar-refractivity contribution >= 4 is 17.5 Å². The predicted molar refractivity (Wildman–Crippen MR) is 87.5 cm³/mol. The van der Waals surface area contributed by atoms with Gasteiger partial charge in [-0.05, 0) is 18.6 Å². The molecule has 1 aliphatic rings. The number of aryl methyl sites for hydroxylation is 1. The first-order valence-corrected chi connectivity index (χ1v) is 7.97. The lowest BCUT2D eigenvalue weighted by Gasteiger charge is -2.17. The van der Waals surface area contributed by atoms with Crippen molar-refractivity contribution in [2.45, 2.75) is 25.9 Å². The van der Waals surface area contributed by atoms with Crippen LogP contribution in [0.3, 0.4) is 0 Å². The number of amides is 1. The topological polar surface area (TPSA) is 55.3 Å². The second kappa shape index (κ2) is 6.96. The van der Waals surface area contributed by atoms with Crippen LogP contribution in [0.2, 0.25) is 5.02 Å². The lowest BCUT2D eigenvalue weighted by Crippen LogP contribution is -2.32. The number of nitrogens with zero attached hydrogens (tertiary/aromatic N) is 3. The van der Waals surface area contributed by atoms with Gasteiger partial charge in [0.2, 0.25) is 11.8 Å². The number of ether oxygens (including phenoxy) is 1. The van der Waals surface area contributed by atoms with Crippen LogP contribution in [0.15, 0.2) is 36.5 Å². The Labute approximate surface area is 140 Å². The van der Waals surface area contributed by atoms with Gasteiger partial charge in [0.25, 0.3) is 0 Å². The number of likely N-dealkylation sites (tertiary alicyclic amines) is 1. The number of carbonyl (C=O) groups excluding carboxylic acids is 1. The Bertz CT molecular complexity index is 708. The lowest BCUT2D eigenvalue weighted by atomic mass is 10.1. The molecule has 5 nitrogen and oxygen atoms in total. The quantitative estimate of drug-likeness (QED) is 0.864. The van der Waals surface area contributed by atoms with Crippen LogP contribution in [0.25, 0.3) is 0 Å². The van der Waals surface area contributed by atoms with Crippen molar-refractivity contribution in [1.29, 1.82) is 0 Å². The number of hydrogen-bond donors (Lipinski definition) is 0. The second-order valence-corrected chi connectivity index (χ2v) is 5.99. The van der Waals surface area contributed by atoms with Crippen molar-refractivity contribution in [3.8, 4) is 5.88 Å². The number of hydrogen-bond acceptors (Lipinski definition) is 4. The van der Waals surface area contributed by atoms with Gasteiger partial charge in [-0.1, -0.05) is 29.8 Å². The number of rotatable bonds is 4. The highest BCUT2D eigenvalue weighted by molar-refractivity contribution is 6.31. The third-order valence-electron chi connectivity index (χ3n) is 3.84. The van der Waals surface area contributed by atoms with Gasteiger partial charge in [-0.15, -0.1) is 0 Å². The van der Waals surface area contributed by atoms with E-state index in [0.29, 0.717) is 36.2 Å². The maximum atomic E-state index is 12.4. The molecule has 2 heterocycles. The largest absolute Gasteiger partial charge is 0.472 e. The molecule has 1 aliphatic heterocycles. The summed E-state index contributed by atoms with van der Waals surface area (Å²) in [5.74, 6) is 1.30. The normalized spacial score (nSPS) is 17.3. The molecule has 2 aromatic rings. The first-order chi connectivity index (χ1) is 11.1. The molecule has 1 aromatic heterocycles. The minimum Gasteiger partial charge on any atom is -0.472 e. The molecule has 1 saturated heterocycles. The molecule has 0 N–H and O–H groups in total. The lowest BCUT2D eigenvalue weighted by molar-refractivity contribution is -0.129. The SMILES string of the molecule is Cc1nccc(OC2CCN(C(=O)Cc3ccccc3Cl)C2)n1. The van der Waals surface area contributed by atoms with Crippen LogP contribution in [0.1, 0.15) is 17.8 Å². The van der Waals surface area contributed by atoms with E-state index in [1.165, 1.54) is 0 Å². The third-order valence-corrected chi connectivity index (χ3v) is 4.20. The average molecular weight is 332 g/mol. The Balaban J connectivity index is 1.57. The van der Waals surface area contributed by atoms with Crippen LogP contribution < -0.4 is 4.74 Å². The summed E-state index contributed by atoms with van der Waals surface area (Å²) in [5, 5.41) is 0.629. The minimum atomic E-state index is -0.0282. The van der Waals surface area contributed by atoms with E-state index in [4.69, 9.17) is 16.3 Å². The summed E-state index contributed by atoms with van der Waals surface area (Å²) in [6.07, 6.45) is 2.77. The molecule has 1 unspecified atom stereocenters. The standard InChI is InChI=1S/C17H18ClN3O2/c1-12-19-8-6-16(20-12)23-14-7-9-21(11-14)17(22)10-13-4-2-3-5-15(13)18/h2-6,8,14H,7,9-11H2,1H3. The second-order valence-electron chi connectivity index (χ2n) is 5.58. The monoisotopic (exact) mass is 331 g/mol. The molecule has 1 atom stereocenters. The Kier molecular flexibility index (Phi) is 4.76. The number of aromatic nitrogens is 2. The molecule has 1 aromatic carbocycles. The van der Waals surface area contributed by atoms with E-state index in [1.54, 1.807) is 18.3 Å². The average Bonchev–Trinajstić information content (AvgIpc) is 2.98. The van der Waals surface area contributed by atoms with E-state index in [1.807, 2.05) is 30.0 Å². The van der Waals surface area contributed by atoms with Crippen molar-refractivity contribution in [1.82, 2.24) is 14.9 Å². The van der Waals surface area contributed by atoms with Crippen molar-refractivity contribution in [2.75, 3.05) is 13.1 Å². The number of carbonyl (C=O) groups is 1. The Hall–Kier alpha value is -2.14. The summed E-state index contributed by atoms with van der Waals surface area (Å²) in [6, 6.07) is 9.17. The van der Waals surface area contributed by atoms with E-state index in [0.717, 1.165) is 12.0 Å². The van der Waals surface area contributed by atoms with Gasteiger partial charge in [0.05, 0.1) is 13.0 Å². The van der Waals surface area contributed by atoms with Gasteiger partial charge in [0.15, 0.2) is 0 Å². The van der Waals surface area contributed by atoms with Gasteiger partial charge in [-0.25, -0.2) is 4.98 Å². The van der Waals surface area contributed by atoms with Crippen molar-refractivity contribution in [2.24, 2.45) is 0 Å². The minimum absolute atomic E-state index is 0.0282. The van der Waals surface area contributed by atoms with Gasteiger partial charge >= 0.3 is 0 Å². The fraction of sp³-hybridized carbons (Fsp3) is 0.353. The molecule has 0 aliphatic carbocycles. The van der Waals surface area contributed by atoms with Crippen LogP contribution >= 0.6 is 11.6 Å². The predicted octanol–water partition coefficient (Wildman–Crippen LogP) is 2.66. The highest BCUT2D eigenvalue weighted by Gasteiger charge is 2.28. The van der Waals surface area contributed by atoms with Crippen molar-refractivity contribution in [3.05, 3.63) is 52.9 Å². The zero-order chi connectivity index (χ0) is 16.2. The highest BCUT2D eigenvalue weighted by atomic mass is 35.5. The van der Waals surface area contributed by atoms with Crippen LogP contribution in [0, 0.1) is 6.92 Å². The van der Waals surface area contributed by atoms with Gasteiger partial charge in [-0.2, -0.15) is 4.98 Å². The smallest absolute Gasteiger partial charge is 0.227 e. The van der Waals surface area contributed by atoms with Gasteiger partial charge in [-0.3, -0.25) is 4.79 Å². The molecule has 0 radical (unpaired) electrons. The van der Waals surface area contributed by atoms with Crippen LogP contribution in [-0.4, -0.2) is 40.0 Å². The molecule has 1 fully saturated rings. The van der Waals surface area contributed by atoms with Gasteiger partial charge in [0, 0.05) is 30.3 Å². The molecule has 0 saturated carbocycles. The van der Waals surface area contributed by atoms with Gasteiger partial charge < -0.3 is 9.64 Å². The maximum Gasteiger partial charge on any atom is 0.227 e. The van der Waals surface area contributed by atoms with Crippen LogP contribution in [0.5, 0.6) is 5.88 Å². The molecular weight excluding hydrogens is 314 g/mol. The molecule has 3 rings (SSSR count). The Morgan fingerprint density at radius 3 is 3.00 bits per heavy atom. The Morgan fingerprint density at radius 2 is 2.22 bits per heavy atom.